The summed E-state index contributed by atoms with van der Waals surface area (Å²) >= 11 is 1.34. The molecule has 140 valence electrons. The number of likely N-dealkylation sites (tertiary alicyclic amines) is 1. The van der Waals surface area contributed by atoms with Gasteiger partial charge >= 0.3 is 0 Å². The minimum atomic E-state index is 0.0309. The number of Topliss-reactive ketones (excluding diaryl/α,β-unsaturated/α-hetero) is 1. The van der Waals surface area contributed by atoms with Crippen LogP contribution in [-0.2, 0) is 0 Å². The van der Waals surface area contributed by atoms with E-state index in [9.17, 15) is 9.59 Å². The SMILES string of the molecule is CC(=O)c1ccc(C(=O)N2C[C@H](c3ccccc3)[C@H]3[C@@H]2C2CCN3CC2)s1. The summed E-state index contributed by atoms with van der Waals surface area (Å²) in [5, 5.41) is 0. The molecular formula is C22H24N2O2S. The van der Waals surface area contributed by atoms with Gasteiger partial charge in [-0.1, -0.05) is 30.3 Å². The number of ketones is 1. The van der Waals surface area contributed by atoms with Crippen LogP contribution in [0, 0.1) is 5.92 Å². The highest BCUT2D eigenvalue weighted by atomic mass is 32.1. The maximum atomic E-state index is 13.4. The molecule has 0 aliphatic carbocycles. The average Bonchev–Trinajstić information content (AvgIpc) is 3.36. The van der Waals surface area contributed by atoms with Crippen LogP contribution in [0.4, 0.5) is 0 Å². The Morgan fingerprint density at radius 1 is 0.963 bits per heavy atom. The summed E-state index contributed by atoms with van der Waals surface area (Å²) in [6.07, 6.45) is 2.38. The first-order valence-corrected chi connectivity index (χ1v) is 10.7. The standard InChI is InChI=1S/C22H24N2O2S/c1-14(25)18-7-8-19(27-18)22(26)24-13-17(15-5-3-2-4-6-15)21-20(24)16-9-11-23(21)12-10-16/h2-8,16-17,20-21H,9-13H2,1H3/t17-,20+,21+/m1/s1. The number of thiophene rings is 1. The van der Waals surface area contributed by atoms with Gasteiger partial charge in [-0.05, 0) is 56.5 Å². The summed E-state index contributed by atoms with van der Waals surface area (Å²) in [6, 6.07) is 15.0. The minimum absolute atomic E-state index is 0.0309. The second-order valence-electron chi connectivity index (χ2n) is 8.05. The quantitative estimate of drug-likeness (QED) is 0.763. The smallest absolute Gasteiger partial charge is 0.264 e. The van der Waals surface area contributed by atoms with E-state index in [0.717, 1.165) is 19.6 Å². The number of benzene rings is 1. The number of hydrogen-bond acceptors (Lipinski definition) is 4. The Morgan fingerprint density at radius 2 is 1.67 bits per heavy atom. The molecule has 4 nitrogen and oxygen atoms in total. The zero-order chi connectivity index (χ0) is 18.5. The van der Waals surface area contributed by atoms with Crippen molar-refractivity contribution in [1.29, 1.82) is 0 Å². The van der Waals surface area contributed by atoms with Crippen LogP contribution in [0.15, 0.2) is 42.5 Å². The number of hydrogen-bond donors (Lipinski definition) is 0. The van der Waals surface area contributed by atoms with Crippen molar-refractivity contribution in [2.45, 2.75) is 37.8 Å². The van der Waals surface area contributed by atoms with Crippen LogP contribution in [0.5, 0.6) is 0 Å². The lowest BCUT2D eigenvalue weighted by molar-refractivity contribution is -0.00325. The van der Waals surface area contributed by atoms with Crippen LogP contribution < -0.4 is 0 Å². The highest BCUT2D eigenvalue weighted by Crippen LogP contribution is 2.47. The molecule has 0 spiro atoms. The van der Waals surface area contributed by atoms with Crippen molar-refractivity contribution in [3.05, 3.63) is 57.8 Å². The van der Waals surface area contributed by atoms with Gasteiger partial charge in [-0.3, -0.25) is 14.5 Å². The van der Waals surface area contributed by atoms with Crippen molar-refractivity contribution in [1.82, 2.24) is 9.80 Å². The number of carbonyl (C=O) groups is 2. The second kappa shape index (κ2) is 6.57. The van der Waals surface area contributed by atoms with Crippen LogP contribution in [-0.4, -0.2) is 53.2 Å². The molecule has 1 aromatic heterocycles. The molecular weight excluding hydrogens is 356 g/mol. The fourth-order valence-corrected chi connectivity index (χ4v) is 6.29. The lowest BCUT2D eigenvalue weighted by atomic mass is 9.75. The minimum Gasteiger partial charge on any atom is -0.332 e. The van der Waals surface area contributed by atoms with Crippen molar-refractivity contribution in [2.24, 2.45) is 5.92 Å². The van der Waals surface area contributed by atoms with E-state index in [0.29, 0.717) is 33.7 Å². The molecule has 1 aromatic carbocycles. The molecule has 4 aliphatic rings. The third-order valence-electron chi connectivity index (χ3n) is 6.65. The van der Waals surface area contributed by atoms with Crippen molar-refractivity contribution in [3.63, 3.8) is 0 Å². The molecule has 4 saturated heterocycles. The summed E-state index contributed by atoms with van der Waals surface area (Å²) in [5.74, 6) is 1.11. The molecule has 0 unspecified atom stereocenters. The molecule has 0 N–H and O–H groups in total. The number of nitrogens with zero attached hydrogens (tertiary/aromatic N) is 2. The first-order valence-electron chi connectivity index (χ1n) is 9.84. The monoisotopic (exact) mass is 380 g/mol. The van der Waals surface area contributed by atoms with Crippen LogP contribution >= 0.6 is 11.3 Å². The van der Waals surface area contributed by atoms with Crippen LogP contribution in [0.25, 0.3) is 0 Å². The van der Waals surface area contributed by atoms with Gasteiger partial charge in [0, 0.05) is 18.5 Å². The van der Waals surface area contributed by atoms with Crippen LogP contribution in [0.1, 0.15) is 50.6 Å². The Hall–Kier alpha value is -1.98. The van der Waals surface area contributed by atoms with Crippen molar-refractivity contribution >= 4 is 23.0 Å². The summed E-state index contributed by atoms with van der Waals surface area (Å²) in [5.41, 5.74) is 1.34. The van der Waals surface area contributed by atoms with Crippen molar-refractivity contribution in [3.8, 4) is 0 Å². The van der Waals surface area contributed by atoms with Gasteiger partial charge in [0.05, 0.1) is 15.8 Å². The van der Waals surface area contributed by atoms with E-state index in [1.807, 2.05) is 6.07 Å². The number of fused-ring (bicyclic) bond motifs is 2. The molecule has 4 fully saturated rings. The van der Waals surface area contributed by atoms with Gasteiger partial charge < -0.3 is 4.90 Å². The fourth-order valence-electron chi connectivity index (χ4n) is 5.43. The summed E-state index contributed by atoms with van der Waals surface area (Å²) in [7, 11) is 0. The molecule has 2 bridgehead atoms. The molecule has 0 saturated carbocycles. The van der Waals surface area contributed by atoms with Gasteiger partial charge in [-0.15, -0.1) is 11.3 Å². The lowest BCUT2D eigenvalue weighted by Crippen LogP contribution is -2.60. The molecule has 2 aromatic rings. The number of amides is 1. The van der Waals surface area contributed by atoms with E-state index < -0.39 is 0 Å². The second-order valence-corrected chi connectivity index (χ2v) is 9.13. The Morgan fingerprint density at radius 3 is 2.33 bits per heavy atom. The largest absolute Gasteiger partial charge is 0.332 e. The predicted molar refractivity (Wildman–Crippen MR) is 106 cm³/mol. The molecule has 5 heteroatoms. The van der Waals surface area contributed by atoms with E-state index in [2.05, 4.69) is 40.1 Å². The summed E-state index contributed by atoms with van der Waals surface area (Å²) in [4.78, 5) is 31.2. The Labute approximate surface area is 163 Å². The van der Waals surface area contributed by atoms with Gasteiger partial charge in [0.25, 0.3) is 5.91 Å². The third-order valence-corrected chi connectivity index (χ3v) is 7.82. The van der Waals surface area contributed by atoms with E-state index in [1.54, 1.807) is 13.0 Å². The first kappa shape index (κ1) is 17.1. The zero-order valence-corrected chi connectivity index (χ0v) is 16.3. The number of rotatable bonds is 3. The normalized spacial score (nSPS) is 31.7. The predicted octanol–water partition coefficient (Wildman–Crippen LogP) is 3.65. The molecule has 27 heavy (non-hydrogen) atoms. The fraction of sp³-hybridized carbons (Fsp3) is 0.455. The van der Waals surface area contributed by atoms with Gasteiger partial charge in [-0.2, -0.15) is 0 Å². The van der Waals surface area contributed by atoms with Crippen molar-refractivity contribution in [2.75, 3.05) is 19.6 Å². The Balaban J connectivity index is 1.50. The van der Waals surface area contributed by atoms with E-state index >= 15 is 0 Å². The van der Waals surface area contributed by atoms with Gasteiger partial charge in [0.15, 0.2) is 5.78 Å². The van der Waals surface area contributed by atoms with E-state index in [-0.39, 0.29) is 11.7 Å². The highest BCUT2D eigenvalue weighted by molar-refractivity contribution is 7.15. The lowest BCUT2D eigenvalue weighted by Gasteiger charge is -2.51. The van der Waals surface area contributed by atoms with E-state index in [4.69, 9.17) is 0 Å². The van der Waals surface area contributed by atoms with Crippen molar-refractivity contribution < 1.29 is 9.59 Å². The number of piperidine rings is 3. The molecule has 6 rings (SSSR count). The zero-order valence-electron chi connectivity index (χ0n) is 15.5. The highest BCUT2D eigenvalue weighted by Gasteiger charge is 2.54. The van der Waals surface area contributed by atoms with Crippen LogP contribution in [0.2, 0.25) is 0 Å². The average molecular weight is 381 g/mol. The van der Waals surface area contributed by atoms with Crippen LogP contribution in [0.3, 0.4) is 0 Å². The molecule has 1 amide bonds. The molecule has 4 aliphatic heterocycles. The Kier molecular flexibility index (Phi) is 4.17. The third kappa shape index (κ3) is 2.75. The maximum absolute atomic E-state index is 13.4. The van der Waals surface area contributed by atoms with Gasteiger partial charge in [0.1, 0.15) is 0 Å². The molecule has 3 atom stereocenters. The van der Waals surface area contributed by atoms with Gasteiger partial charge in [-0.25, -0.2) is 0 Å². The molecule has 5 heterocycles. The first-order chi connectivity index (χ1) is 13.1. The summed E-state index contributed by atoms with van der Waals surface area (Å²) < 4.78 is 0. The molecule has 0 radical (unpaired) electrons. The summed E-state index contributed by atoms with van der Waals surface area (Å²) in [6.45, 7) is 4.65. The topological polar surface area (TPSA) is 40.6 Å². The number of carbonyl (C=O) groups excluding carboxylic acids is 2. The van der Waals surface area contributed by atoms with Gasteiger partial charge in [0.2, 0.25) is 0 Å². The maximum Gasteiger partial charge on any atom is 0.264 e. The van der Waals surface area contributed by atoms with E-state index in [1.165, 1.54) is 29.7 Å². The Bertz CT molecular complexity index is 869.